The minimum Gasteiger partial charge on any atom is -0.369 e. The van der Waals surface area contributed by atoms with Gasteiger partial charge in [-0.25, -0.2) is 4.98 Å². The standard InChI is InChI=1S/C12H18BrN3O2/c1-8(2)12(3,4)7-15-11-10(13)5-9(6-14-11)16(17)18/h5-6,8H,7H2,1-4H3,(H,14,15). The number of halogens is 1. The Morgan fingerprint density at radius 3 is 2.61 bits per heavy atom. The molecule has 0 bridgehead atoms. The molecule has 5 nitrogen and oxygen atoms in total. The first-order valence-electron chi connectivity index (χ1n) is 5.78. The van der Waals surface area contributed by atoms with E-state index < -0.39 is 4.92 Å². The van der Waals surface area contributed by atoms with E-state index in [0.29, 0.717) is 16.2 Å². The van der Waals surface area contributed by atoms with Gasteiger partial charge in [0.1, 0.15) is 12.0 Å². The number of nitrogens with zero attached hydrogens (tertiary/aromatic N) is 2. The molecular weight excluding hydrogens is 298 g/mol. The van der Waals surface area contributed by atoms with Crippen molar-refractivity contribution in [3.8, 4) is 0 Å². The summed E-state index contributed by atoms with van der Waals surface area (Å²) in [7, 11) is 0. The maximum absolute atomic E-state index is 10.6. The van der Waals surface area contributed by atoms with Crippen molar-refractivity contribution < 1.29 is 4.92 Å². The van der Waals surface area contributed by atoms with Crippen LogP contribution < -0.4 is 5.32 Å². The predicted octanol–water partition coefficient (Wildman–Crippen LogP) is 3.85. The SMILES string of the molecule is CC(C)C(C)(C)CNc1ncc([N+](=O)[O-])cc1Br. The first-order valence-corrected chi connectivity index (χ1v) is 6.57. The fourth-order valence-corrected chi connectivity index (χ4v) is 1.65. The second-order valence-electron chi connectivity index (χ2n) is 5.28. The summed E-state index contributed by atoms with van der Waals surface area (Å²) in [6.45, 7) is 9.43. The molecule has 0 saturated heterocycles. The predicted molar refractivity (Wildman–Crippen MR) is 75.7 cm³/mol. The number of nitro groups is 1. The van der Waals surface area contributed by atoms with Gasteiger partial charge in [-0.1, -0.05) is 27.7 Å². The van der Waals surface area contributed by atoms with Crippen molar-refractivity contribution in [2.24, 2.45) is 11.3 Å². The zero-order chi connectivity index (χ0) is 13.9. The number of aromatic nitrogens is 1. The van der Waals surface area contributed by atoms with Crippen molar-refractivity contribution in [2.45, 2.75) is 27.7 Å². The van der Waals surface area contributed by atoms with Gasteiger partial charge in [-0.05, 0) is 27.3 Å². The summed E-state index contributed by atoms with van der Waals surface area (Å²) < 4.78 is 0.608. The topological polar surface area (TPSA) is 68.1 Å². The van der Waals surface area contributed by atoms with E-state index >= 15 is 0 Å². The molecule has 0 amide bonds. The van der Waals surface area contributed by atoms with Gasteiger partial charge in [-0.2, -0.15) is 0 Å². The summed E-state index contributed by atoms with van der Waals surface area (Å²) >= 11 is 3.29. The second kappa shape index (κ2) is 5.65. The van der Waals surface area contributed by atoms with Crippen molar-refractivity contribution in [2.75, 3.05) is 11.9 Å². The van der Waals surface area contributed by atoms with Crippen molar-refractivity contribution in [3.05, 3.63) is 26.9 Å². The van der Waals surface area contributed by atoms with Crippen LogP contribution in [0.2, 0.25) is 0 Å². The van der Waals surface area contributed by atoms with E-state index in [-0.39, 0.29) is 11.1 Å². The number of rotatable bonds is 5. The molecular formula is C12H18BrN3O2. The molecule has 6 heteroatoms. The van der Waals surface area contributed by atoms with E-state index in [4.69, 9.17) is 0 Å². The molecule has 0 aliphatic rings. The highest BCUT2D eigenvalue weighted by Crippen LogP contribution is 2.29. The van der Waals surface area contributed by atoms with Gasteiger partial charge in [0.15, 0.2) is 0 Å². The molecule has 0 radical (unpaired) electrons. The minimum atomic E-state index is -0.459. The van der Waals surface area contributed by atoms with Crippen LogP contribution in [0.25, 0.3) is 0 Å². The van der Waals surface area contributed by atoms with Crippen LogP contribution in [0.5, 0.6) is 0 Å². The first kappa shape index (κ1) is 14.9. The third kappa shape index (κ3) is 3.66. The van der Waals surface area contributed by atoms with Crippen LogP contribution in [0.1, 0.15) is 27.7 Å². The van der Waals surface area contributed by atoms with Crippen LogP contribution in [0.4, 0.5) is 11.5 Å². The van der Waals surface area contributed by atoms with Crippen molar-refractivity contribution >= 4 is 27.4 Å². The number of pyridine rings is 1. The van der Waals surface area contributed by atoms with E-state index in [1.165, 1.54) is 12.3 Å². The van der Waals surface area contributed by atoms with Crippen LogP contribution in [0.15, 0.2) is 16.7 Å². The number of hydrogen-bond acceptors (Lipinski definition) is 4. The molecule has 0 aromatic carbocycles. The van der Waals surface area contributed by atoms with Crippen LogP contribution >= 0.6 is 15.9 Å². The van der Waals surface area contributed by atoms with Crippen LogP contribution in [0.3, 0.4) is 0 Å². The van der Waals surface area contributed by atoms with Crippen LogP contribution in [-0.4, -0.2) is 16.5 Å². The Morgan fingerprint density at radius 1 is 1.56 bits per heavy atom. The summed E-state index contributed by atoms with van der Waals surface area (Å²) in [5.41, 5.74) is 0.110. The van der Waals surface area contributed by atoms with E-state index in [2.05, 4.69) is 53.9 Å². The molecule has 1 aromatic heterocycles. The molecule has 0 spiro atoms. The fourth-order valence-electron chi connectivity index (χ4n) is 1.17. The average molecular weight is 316 g/mol. The molecule has 1 N–H and O–H groups in total. The van der Waals surface area contributed by atoms with Crippen LogP contribution in [-0.2, 0) is 0 Å². The number of anilines is 1. The summed E-state index contributed by atoms with van der Waals surface area (Å²) in [4.78, 5) is 14.2. The monoisotopic (exact) mass is 315 g/mol. The molecule has 100 valence electrons. The van der Waals surface area contributed by atoms with E-state index in [1.807, 2.05) is 0 Å². The van der Waals surface area contributed by atoms with Gasteiger partial charge in [-0.15, -0.1) is 0 Å². The highest BCUT2D eigenvalue weighted by Gasteiger charge is 2.22. The number of nitrogens with one attached hydrogen (secondary N) is 1. The lowest BCUT2D eigenvalue weighted by atomic mass is 9.81. The van der Waals surface area contributed by atoms with Crippen LogP contribution in [0, 0.1) is 21.4 Å². The molecule has 0 unspecified atom stereocenters. The maximum Gasteiger partial charge on any atom is 0.288 e. The summed E-state index contributed by atoms with van der Waals surface area (Å²) in [6, 6.07) is 1.46. The lowest BCUT2D eigenvalue weighted by Crippen LogP contribution is -2.28. The Hall–Kier alpha value is -1.17. The summed E-state index contributed by atoms with van der Waals surface area (Å²) in [5.74, 6) is 1.16. The Bertz CT molecular complexity index is 447. The largest absolute Gasteiger partial charge is 0.369 e. The Labute approximate surface area is 115 Å². The first-order chi connectivity index (χ1) is 8.24. The maximum atomic E-state index is 10.6. The van der Waals surface area contributed by atoms with Gasteiger partial charge in [0.25, 0.3) is 5.69 Å². The van der Waals surface area contributed by atoms with Crippen molar-refractivity contribution in [1.29, 1.82) is 0 Å². The Morgan fingerprint density at radius 2 is 2.17 bits per heavy atom. The fraction of sp³-hybridized carbons (Fsp3) is 0.583. The molecule has 0 aliphatic carbocycles. The van der Waals surface area contributed by atoms with E-state index in [1.54, 1.807) is 0 Å². The molecule has 1 rings (SSSR count). The second-order valence-corrected chi connectivity index (χ2v) is 6.13. The van der Waals surface area contributed by atoms with Gasteiger partial charge >= 0.3 is 0 Å². The third-order valence-corrected chi connectivity index (χ3v) is 3.92. The normalized spacial score (nSPS) is 11.7. The minimum absolute atomic E-state index is 0.0180. The van der Waals surface area contributed by atoms with Gasteiger partial charge in [0.05, 0.1) is 9.40 Å². The molecule has 18 heavy (non-hydrogen) atoms. The third-order valence-electron chi connectivity index (χ3n) is 3.31. The summed E-state index contributed by atoms with van der Waals surface area (Å²) in [5, 5.41) is 13.8. The lowest BCUT2D eigenvalue weighted by Gasteiger charge is -2.29. The smallest absolute Gasteiger partial charge is 0.288 e. The van der Waals surface area contributed by atoms with E-state index in [9.17, 15) is 10.1 Å². The lowest BCUT2D eigenvalue weighted by molar-refractivity contribution is -0.385. The zero-order valence-corrected chi connectivity index (χ0v) is 12.6. The molecule has 1 heterocycles. The molecule has 0 atom stereocenters. The molecule has 0 aliphatic heterocycles. The molecule has 1 aromatic rings. The molecule has 0 fully saturated rings. The average Bonchev–Trinajstić information content (AvgIpc) is 2.26. The Kier molecular flexibility index (Phi) is 4.67. The zero-order valence-electron chi connectivity index (χ0n) is 11.0. The molecule has 0 saturated carbocycles. The van der Waals surface area contributed by atoms with Gasteiger partial charge in [-0.3, -0.25) is 10.1 Å². The van der Waals surface area contributed by atoms with Gasteiger partial charge < -0.3 is 5.32 Å². The van der Waals surface area contributed by atoms with Crippen molar-refractivity contribution in [3.63, 3.8) is 0 Å². The Balaban J connectivity index is 2.78. The highest BCUT2D eigenvalue weighted by molar-refractivity contribution is 9.10. The summed E-state index contributed by atoms with van der Waals surface area (Å²) in [6.07, 6.45) is 1.26. The quantitative estimate of drug-likeness (QED) is 0.662. The number of hydrogen-bond donors (Lipinski definition) is 1. The van der Waals surface area contributed by atoms with Gasteiger partial charge in [0, 0.05) is 12.6 Å². The van der Waals surface area contributed by atoms with E-state index in [0.717, 1.165) is 6.54 Å². The van der Waals surface area contributed by atoms with Crippen molar-refractivity contribution in [1.82, 2.24) is 4.98 Å². The van der Waals surface area contributed by atoms with Gasteiger partial charge in [0.2, 0.25) is 0 Å². The highest BCUT2D eigenvalue weighted by atomic mass is 79.9.